The molecule has 0 fully saturated rings. The zero-order valence-electron chi connectivity index (χ0n) is 17.0. The van der Waals surface area contributed by atoms with Gasteiger partial charge < -0.3 is 10.2 Å². The Morgan fingerprint density at radius 3 is 2.65 bits per heavy atom. The number of aryl methyl sites for hydroxylation is 1. The van der Waals surface area contributed by atoms with E-state index in [2.05, 4.69) is 21.5 Å². The van der Waals surface area contributed by atoms with E-state index in [1.807, 2.05) is 36.4 Å². The van der Waals surface area contributed by atoms with Crippen molar-refractivity contribution >= 4 is 17.3 Å². The van der Waals surface area contributed by atoms with E-state index in [9.17, 15) is 13.6 Å². The first-order valence-corrected chi connectivity index (χ1v) is 9.33. The molecule has 3 rings (SSSR count). The number of carbonyl (C=O) groups is 1. The molecule has 0 saturated heterocycles. The average molecular weight is 422 g/mol. The number of carbonyl (C=O) groups excluding carboxylic acids is 1. The lowest BCUT2D eigenvalue weighted by Gasteiger charge is -2.12. The fraction of sp³-hybridized carbons (Fsp3) is 0.174. The van der Waals surface area contributed by atoms with Gasteiger partial charge in [-0.2, -0.15) is 5.10 Å². The number of halogens is 2. The maximum atomic E-state index is 13.2. The number of terminal acetylenes is 1. The summed E-state index contributed by atoms with van der Waals surface area (Å²) in [6.45, 7) is 1.89. The number of hydrogen-bond acceptors (Lipinski definition) is 4. The molecule has 0 saturated carbocycles. The first-order chi connectivity index (χ1) is 14.9. The number of para-hydroxylation sites is 1. The molecule has 2 aromatic carbocycles. The number of hydrogen-bond donors (Lipinski definition) is 1. The molecule has 1 heterocycles. The van der Waals surface area contributed by atoms with Gasteiger partial charge in [-0.15, -0.1) is 6.42 Å². The second kappa shape index (κ2) is 9.67. The summed E-state index contributed by atoms with van der Waals surface area (Å²) in [6.07, 6.45) is 3.56. The minimum Gasteiger partial charge on any atom is -0.382 e. The number of alkyl halides is 2. The van der Waals surface area contributed by atoms with Crippen molar-refractivity contribution in [3.05, 3.63) is 71.5 Å². The van der Waals surface area contributed by atoms with Gasteiger partial charge in [0.25, 0.3) is 12.3 Å². The van der Waals surface area contributed by atoms with Crippen LogP contribution < -0.4 is 5.32 Å². The predicted molar refractivity (Wildman–Crippen MR) is 115 cm³/mol. The molecule has 8 heteroatoms. The first-order valence-electron chi connectivity index (χ1n) is 9.33. The third kappa shape index (κ3) is 5.14. The molecule has 0 aliphatic rings. The largest absolute Gasteiger partial charge is 0.382 e. The van der Waals surface area contributed by atoms with Crippen LogP contribution in [0.1, 0.15) is 35.0 Å². The molecule has 0 aliphatic carbocycles. The van der Waals surface area contributed by atoms with Crippen molar-refractivity contribution in [3.63, 3.8) is 0 Å². The molecule has 158 valence electrons. The topological polar surface area (TPSA) is 68.5 Å². The summed E-state index contributed by atoms with van der Waals surface area (Å²) in [4.78, 5) is 17.7. The summed E-state index contributed by atoms with van der Waals surface area (Å²) >= 11 is 0. The molecule has 0 radical (unpaired) electrons. The Hall–Kier alpha value is -3.99. The molecule has 0 unspecified atom stereocenters. The SMILES string of the molecule is C#CCO/N=C(/C)c1ccc(-c2ccccc2NC(=O)c2cn(C)nc2C(F)F)cc1. The zero-order valence-corrected chi connectivity index (χ0v) is 17.0. The van der Waals surface area contributed by atoms with Gasteiger partial charge in [0.05, 0.1) is 11.3 Å². The molecule has 0 aliphatic heterocycles. The number of aromatic nitrogens is 2. The third-order valence-corrected chi connectivity index (χ3v) is 4.45. The Morgan fingerprint density at radius 2 is 1.97 bits per heavy atom. The van der Waals surface area contributed by atoms with Gasteiger partial charge in [0.15, 0.2) is 6.61 Å². The van der Waals surface area contributed by atoms with E-state index in [0.29, 0.717) is 11.4 Å². The van der Waals surface area contributed by atoms with Crippen LogP contribution in [0.2, 0.25) is 0 Å². The van der Waals surface area contributed by atoms with Gasteiger partial charge in [0.2, 0.25) is 0 Å². The van der Waals surface area contributed by atoms with Crippen molar-refractivity contribution < 1.29 is 18.4 Å². The van der Waals surface area contributed by atoms with E-state index >= 15 is 0 Å². The summed E-state index contributed by atoms with van der Waals surface area (Å²) in [5.74, 6) is 1.69. The van der Waals surface area contributed by atoms with E-state index in [1.54, 1.807) is 19.1 Å². The molecule has 1 amide bonds. The van der Waals surface area contributed by atoms with Crippen LogP contribution in [-0.2, 0) is 11.9 Å². The number of benzene rings is 2. The lowest BCUT2D eigenvalue weighted by molar-refractivity contribution is 0.101. The lowest BCUT2D eigenvalue weighted by Crippen LogP contribution is -2.14. The Kier molecular flexibility index (Phi) is 6.78. The summed E-state index contributed by atoms with van der Waals surface area (Å²) in [6, 6.07) is 14.6. The van der Waals surface area contributed by atoms with Gasteiger partial charge in [0, 0.05) is 24.5 Å². The number of amides is 1. The number of anilines is 1. The van der Waals surface area contributed by atoms with Gasteiger partial charge in [-0.3, -0.25) is 9.48 Å². The Bertz CT molecular complexity index is 1150. The van der Waals surface area contributed by atoms with Gasteiger partial charge in [-0.1, -0.05) is 53.5 Å². The highest BCUT2D eigenvalue weighted by Crippen LogP contribution is 2.29. The Balaban J connectivity index is 1.85. The summed E-state index contributed by atoms with van der Waals surface area (Å²) in [5, 5.41) is 10.3. The molecule has 1 N–H and O–H groups in total. The molecule has 3 aromatic rings. The molecular formula is C23H20F2N4O2. The molecular weight excluding hydrogens is 402 g/mol. The third-order valence-electron chi connectivity index (χ3n) is 4.45. The fourth-order valence-electron chi connectivity index (χ4n) is 2.99. The fourth-order valence-corrected chi connectivity index (χ4v) is 2.99. The minimum atomic E-state index is -2.85. The highest BCUT2D eigenvalue weighted by Gasteiger charge is 2.23. The lowest BCUT2D eigenvalue weighted by atomic mass is 10.0. The van der Waals surface area contributed by atoms with Crippen molar-refractivity contribution in [3.8, 4) is 23.5 Å². The van der Waals surface area contributed by atoms with Crippen molar-refractivity contribution in [2.75, 3.05) is 11.9 Å². The molecule has 6 nitrogen and oxygen atoms in total. The molecule has 0 spiro atoms. The van der Waals surface area contributed by atoms with Crippen LogP contribution in [0, 0.1) is 12.3 Å². The second-order valence-corrected chi connectivity index (χ2v) is 6.63. The van der Waals surface area contributed by atoms with Gasteiger partial charge in [-0.25, -0.2) is 8.78 Å². The Labute approximate surface area is 178 Å². The second-order valence-electron chi connectivity index (χ2n) is 6.63. The summed E-state index contributed by atoms with van der Waals surface area (Å²) in [5.41, 5.74) is 2.86. The van der Waals surface area contributed by atoms with Crippen LogP contribution in [0.5, 0.6) is 0 Å². The number of rotatable bonds is 7. The standard InChI is InChI=1S/C23H20F2N4O2/c1-4-13-31-28-15(2)16-9-11-17(12-10-16)18-7-5-6-8-20(18)26-23(30)19-14-29(3)27-21(19)22(24)25/h1,5-12,14,22H,13H2,2-3H3,(H,26,30)/b28-15-. The van der Waals surface area contributed by atoms with Crippen LogP contribution in [0.4, 0.5) is 14.5 Å². The van der Waals surface area contributed by atoms with Crippen molar-refractivity contribution in [1.82, 2.24) is 9.78 Å². The van der Waals surface area contributed by atoms with E-state index in [1.165, 1.54) is 17.9 Å². The van der Waals surface area contributed by atoms with Gasteiger partial charge >= 0.3 is 0 Å². The first kappa shape index (κ1) is 21.7. The quantitative estimate of drug-likeness (QED) is 0.261. The van der Waals surface area contributed by atoms with Crippen LogP contribution in [0.25, 0.3) is 11.1 Å². The van der Waals surface area contributed by atoms with Crippen molar-refractivity contribution in [2.45, 2.75) is 13.3 Å². The van der Waals surface area contributed by atoms with E-state index < -0.39 is 18.0 Å². The summed E-state index contributed by atoms with van der Waals surface area (Å²) in [7, 11) is 1.49. The van der Waals surface area contributed by atoms with E-state index in [-0.39, 0.29) is 12.2 Å². The molecule has 31 heavy (non-hydrogen) atoms. The number of nitrogens with zero attached hydrogens (tertiary/aromatic N) is 3. The highest BCUT2D eigenvalue weighted by atomic mass is 19.3. The maximum Gasteiger partial charge on any atom is 0.282 e. The zero-order chi connectivity index (χ0) is 22.4. The van der Waals surface area contributed by atoms with Crippen molar-refractivity contribution in [1.29, 1.82) is 0 Å². The normalized spacial score (nSPS) is 11.3. The molecule has 0 atom stereocenters. The van der Waals surface area contributed by atoms with E-state index in [0.717, 1.165) is 16.7 Å². The minimum absolute atomic E-state index is 0.0900. The monoisotopic (exact) mass is 422 g/mol. The average Bonchev–Trinajstić information content (AvgIpc) is 3.17. The highest BCUT2D eigenvalue weighted by molar-refractivity contribution is 6.07. The maximum absolute atomic E-state index is 13.2. The Morgan fingerprint density at radius 1 is 1.26 bits per heavy atom. The number of oxime groups is 1. The van der Waals surface area contributed by atoms with Crippen LogP contribution in [0.15, 0.2) is 59.9 Å². The summed E-state index contributed by atoms with van der Waals surface area (Å²) < 4.78 is 27.6. The van der Waals surface area contributed by atoms with Crippen LogP contribution >= 0.6 is 0 Å². The van der Waals surface area contributed by atoms with Gasteiger partial charge in [0.1, 0.15) is 5.69 Å². The van der Waals surface area contributed by atoms with Crippen LogP contribution in [0.3, 0.4) is 0 Å². The predicted octanol–water partition coefficient (Wildman–Crippen LogP) is 4.65. The van der Waals surface area contributed by atoms with Crippen molar-refractivity contribution in [2.24, 2.45) is 12.2 Å². The molecule has 1 aromatic heterocycles. The number of nitrogens with one attached hydrogen (secondary N) is 1. The smallest absolute Gasteiger partial charge is 0.282 e. The van der Waals surface area contributed by atoms with Gasteiger partial charge in [-0.05, 0) is 24.1 Å². The molecule has 0 bridgehead atoms. The van der Waals surface area contributed by atoms with Crippen LogP contribution in [-0.4, -0.2) is 28.0 Å². The van der Waals surface area contributed by atoms with E-state index in [4.69, 9.17) is 11.3 Å².